The second-order valence-corrected chi connectivity index (χ2v) is 16.1. The highest BCUT2D eigenvalue weighted by Gasteiger charge is 2.74. The second kappa shape index (κ2) is 12.0. The van der Waals surface area contributed by atoms with E-state index in [1.165, 1.54) is 0 Å². The molecule has 0 saturated carbocycles. The van der Waals surface area contributed by atoms with Crippen molar-refractivity contribution in [3.05, 3.63) is 0 Å². The molecule has 0 spiro atoms. The molecule has 0 rings (SSSR count). The van der Waals surface area contributed by atoms with E-state index in [2.05, 4.69) is 10.6 Å². The van der Waals surface area contributed by atoms with E-state index in [1.807, 2.05) is 0 Å². The van der Waals surface area contributed by atoms with Crippen LogP contribution in [0.4, 0.5) is 0 Å². The molecule has 0 aliphatic carbocycles. The van der Waals surface area contributed by atoms with Gasteiger partial charge in [0, 0.05) is 13.1 Å². The molecule has 194 valence electrons. The fourth-order valence-electron chi connectivity index (χ4n) is 2.71. The molecule has 0 amide bonds. The van der Waals surface area contributed by atoms with E-state index in [0.29, 0.717) is 0 Å². The van der Waals surface area contributed by atoms with Crippen molar-refractivity contribution >= 4 is 38.0 Å². The summed E-state index contributed by atoms with van der Waals surface area (Å²) >= 11 is 0. The average molecular weight is 573 g/mol. The van der Waals surface area contributed by atoms with Gasteiger partial charge < -0.3 is 59.6 Å². The molecule has 0 aromatic heterocycles. The lowest BCUT2D eigenvalue weighted by Crippen LogP contribution is -2.49. The predicted molar refractivity (Wildman–Crippen MR) is 109 cm³/mol. The van der Waals surface area contributed by atoms with E-state index in [0.717, 1.165) is 0 Å². The standard InChI is InChI=1S/C9H28N3O15P5/c13-28(14,15)7-10-3-1-5-12(6-2-4-11-8-29(16,17)18)9(30(19,20)21,31(22,23)24)32(25,26)27/h10-11H,1-8H2,(H2,13,14,15)(H2,16,17,18)(H2,19,20,21)(H2,22,23,24)(H2,25,26,27). The molecule has 0 saturated heterocycles. The summed E-state index contributed by atoms with van der Waals surface area (Å²) in [4.78, 5) is 93.1. The molecule has 23 heteroatoms. The first-order valence-electron chi connectivity index (χ1n) is 8.49. The van der Waals surface area contributed by atoms with Gasteiger partial charge in [-0.2, -0.15) is 0 Å². The van der Waals surface area contributed by atoms with Gasteiger partial charge >= 0.3 is 42.7 Å². The topological polar surface area (TPSA) is 315 Å². The fraction of sp³-hybridized carbons (Fsp3) is 1.00. The molecule has 0 radical (unpaired) electrons. The van der Waals surface area contributed by atoms with E-state index in [1.54, 1.807) is 0 Å². The first-order chi connectivity index (χ1) is 14.1. The minimum absolute atomic E-state index is 0.202. The monoisotopic (exact) mass is 573 g/mol. The maximum absolute atomic E-state index is 12.1. The van der Waals surface area contributed by atoms with Gasteiger partial charge in [-0.25, -0.2) is 0 Å². The van der Waals surface area contributed by atoms with Gasteiger partial charge in [0.1, 0.15) is 0 Å². The van der Waals surface area contributed by atoms with E-state index in [-0.39, 0.29) is 30.8 Å². The Labute approximate surface area is 182 Å². The third kappa shape index (κ3) is 10.1. The zero-order valence-corrected chi connectivity index (χ0v) is 20.8. The summed E-state index contributed by atoms with van der Waals surface area (Å²) in [7, 11) is -27.7. The molecular weight excluding hydrogens is 545 g/mol. The molecule has 0 atom stereocenters. The fourth-order valence-corrected chi connectivity index (χ4v) is 9.39. The van der Waals surface area contributed by atoms with Crippen LogP contribution in [0.1, 0.15) is 12.8 Å². The summed E-state index contributed by atoms with van der Waals surface area (Å²) in [6.07, 6.45) is -2.20. The van der Waals surface area contributed by atoms with Gasteiger partial charge in [-0.1, -0.05) is 0 Å². The van der Waals surface area contributed by atoms with Crippen molar-refractivity contribution in [2.45, 2.75) is 17.6 Å². The Kier molecular flexibility index (Phi) is 12.3. The minimum atomic E-state index is -6.26. The summed E-state index contributed by atoms with van der Waals surface area (Å²) in [5.74, 6) is 0. The van der Waals surface area contributed by atoms with E-state index >= 15 is 0 Å². The number of nitrogens with one attached hydrogen (secondary N) is 2. The highest BCUT2D eigenvalue weighted by molar-refractivity contribution is 7.88. The van der Waals surface area contributed by atoms with Gasteiger partial charge in [-0.05, 0) is 25.9 Å². The summed E-state index contributed by atoms with van der Waals surface area (Å²) in [6.45, 7) is -2.02. The van der Waals surface area contributed by atoms with Crippen LogP contribution in [0.5, 0.6) is 0 Å². The lowest BCUT2D eigenvalue weighted by atomic mass is 10.3. The van der Waals surface area contributed by atoms with Crippen LogP contribution in [-0.2, 0) is 22.8 Å². The van der Waals surface area contributed by atoms with Gasteiger partial charge in [-0.15, -0.1) is 0 Å². The number of hydrogen-bond acceptors (Lipinski definition) is 8. The zero-order valence-electron chi connectivity index (χ0n) is 16.4. The molecular formula is C9H28N3O15P5. The summed E-state index contributed by atoms with van der Waals surface area (Å²) in [6, 6.07) is 0. The predicted octanol–water partition coefficient (Wildman–Crippen LogP) is -2.34. The smallest absolute Gasteiger partial charge is 0.324 e. The van der Waals surface area contributed by atoms with Crippen LogP contribution in [0.3, 0.4) is 0 Å². The molecule has 0 aromatic rings. The molecule has 0 bridgehead atoms. The molecule has 0 aliphatic heterocycles. The Hall–Kier alpha value is 0.630. The Morgan fingerprint density at radius 3 is 1.06 bits per heavy atom. The van der Waals surface area contributed by atoms with Crippen LogP contribution >= 0.6 is 38.0 Å². The van der Waals surface area contributed by atoms with Gasteiger partial charge in [0.05, 0.1) is 12.6 Å². The van der Waals surface area contributed by atoms with Gasteiger partial charge in [0.25, 0.3) is 0 Å². The second-order valence-electron chi connectivity index (χ2n) is 6.57. The Bertz CT molecular complexity index is 750. The maximum Gasteiger partial charge on any atom is 0.370 e. The third-order valence-electron chi connectivity index (χ3n) is 3.80. The van der Waals surface area contributed by atoms with Crippen LogP contribution in [-0.4, -0.2) is 97.3 Å². The molecule has 0 aliphatic rings. The highest BCUT2D eigenvalue weighted by Crippen LogP contribution is 2.83. The molecule has 32 heavy (non-hydrogen) atoms. The summed E-state index contributed by atoms with van der Waals surface area (Å²) < 4.78 is 53.6. The van der Waals surface area contributed by atoms with Gasteiger partial charge in [0.2, 0.25) is 0 Å². The van der Waals surface area contributed by atoms with Crippen molar-refractivity contribution in [2.24, 2.45) is 0 Å². The van der Waals surface area contributed by atoms with Crippen LogP contribution in [0.2, 0.25) is 0 Å². The Balaban J connectivity index is 5.83. The van der Waals surface area contributed by atoms with E-state index < -0.39 is 68.4 Å². The van der Waals surface area contributed by atoms with Crippen molar-refractivity contribution in [1.29, 1.82) is 0 Å². The lowest BCUT2D eigenvalue weighted by molar-refractivity contribution is 0.173. The Morgan fingerprint density at radius 2 is 0.844 bits per heavy atom. The molecule has 0 heterocycles. The minimum Gasteiger partial charge on any atom is -0.324 e. The van der Waals surface area contributed by atoms with Crippen LogP contribution in [0, 0.1) is 0 Å². The molecule has 0 aromatic carbocycles. The number of hydrogen-bond donors (Lipinski definition) is 12. The van der Waals surface area contributed by atoms with Gasteiger partial charge in [-0.3, -0.25) is 27.7 Å². The first-order valence-corrected chi connectivity index (χ1v) is 16.9. The summed E-state index contributed by atoms with van der Waals surface area (Å²) in [5.41, 5.74) is 0. The normalized spacial score (nSPS) is 14.8. The maximum atomic E-state index is 12.1. The first kappa shape index (κ1) is 32.6. The van der Waals surface area contributed by atoms with Crippen molar-refractivity contribution in [1.82, 2.24) is 15.5 Å². The molecule has 0 unspecified atom stereocenters. The van der Waals surface area contributed by atoms with Gasteiger partial charge in [0.15, 0.2) is 0 Å². The van der Waals surface area contributed by atoms with Crippen molar-refractivity contribution in [2.75, 3.05) is 38.8 Å². The number of nitrogens with zero attached hydrogens (tertiary/aromatic N) is 1. The van der Waals surface area contributed by atoms with Crippen molar-refractivity contribution in [3.63, 3.8) is 0 Å². The van der Waals surface area contributed by atoms with E-state index in [9.17, 15) is 52.2 Å². The van der Waals surface area contributed by atoms with E-state index in [4.69, 9.17) is 19.6 Å². The van der Waals surface area contributed by atoms with Crippen LogP contribution < -0.4 is 10.6 Å². The number of rotatable bonds is 16. The Morgan fingerprint density at radius 1 is 0.562 bits per heavy atom. The van der Waals surface area contributed by atoms with Crippen LogP contribution in [0.25, 0.3) is 0 Å². The SMILES string of the molecule is O=P(O)(O)CNCCCN(CCCNCP(=O)(O)O)C(P(=O)(O)O)(P(=O)(O)O)P(=O)(O)O. The third-order valence-corrected chi connectivity index (χ3v) is 12.9. The summed E-state index contributed by atoms with van der Waals surface area (Å²) in [5, 5.41) is 4.54. The quantitative estimate of drug-likeness (QED) is 0.0680. The molecule has 12 N–H and O–H groups in total. The molecule has 0 fully saturated rings. The highest BCUT2D eigenvalue weighted by atomic mass is 31.3. The lowest BCUT2D eigenvalue weighted by Gasteiger charge is -2.43. The van der Waals surface area contributed by atoms with Crippen molar-refractivity contribution in [3.8, 4) is 0 Å². The molecule has 18 nitrogen and oxygen atoms in total. The largest absolute Gasteiger partial charge is 0.370 e. The zero-order chi connectivity index (χ0) is 25.6. The van der Waals surface area contributed by atoms with Crippen molar-refractivity contribution < 1.29 is 71.8 Å². The van der Waals surface area contributed by atoms with Crippen LogP contribution in [0.15, 0.2) is 0 Å². The average Bonchev–Trinajstić information content (AvgIpc) is 2.47.